The number of carbonyl (C=O) groups excluding carboxylic acids is 1. The standard InChI is InChI=1S/C6H7ClO/c1-3-6(4-8)5(2)7/h3-4,6H,1-2H2. The van der Waals surface area contributed by atoms with Gasteiger partial charge in [0.05, 0.1) is 5.92 Å². The zero-order chi connectivity index (χ0) is 6.57. The van der Waals surface area contributed by atoms with Crippen molar-refractivity contribution in [2.24, 2.45) is 5.92 Å². The van der Waals surface area contributed by atoms with E-state index in [-0.39, 0.29) is 0 Å². The molecule has 1 nitrogen and oxygen atoms in total. The summed E-state index contributed by atoms with van der Waals surface area (Å²) in [5.74, 6) is -0.392. The smallest absolute Gasteiger partial charge is 0.132 e. The molecule has 0 rings (SSSR count). The van der Waals surface area contributed by atoms with Crippen molar-refractivity contribution in [1.29, 1.82) is 0 Å². The van der Waals surface area contributed by atoms with Gasteiger partial charge in [-0.1, -0.05) is 24.3 Å². The summed E-state index contributed by atoms with van der Waals surface area (Å²) in [4.78, 5) is 9.96. The van der Waals surface area contributed by atoms with Gasteiger partial charge < -0.3 is 4.79 Å². The summed E-state index contributed by atoms with van der Waals surface area (Å²) < 4.78 is 0. The fraction of sp³-hybridized carbons (Fsp3) is 0.167. The average molecular weight is 131 g/mol. The second-order valence-electron chi connectivity index (χ2n) is 1.34. The van der Waals surface area contributed by atoms with Crippen LogP contribution < -0.4 is 0 Å². The molecule has 0 heterocycles. The molecule has 0 N–H and O–H groups in total. The average Bonchev–Trinajstić information content (AvgIpc) is 1.69. The van der Waals surface area contributed by atoms with Crippen LogP contribution in [0.5, 0.6) is 0 Å². The first-order valence-corrected chi connectivity index (χ1v) is 2.52. The Kier molecular flexibility index (Phi) is 3.20. The molecule has 0 spiro atoms. The fourth-order valence-electron chi connectivity index (χ4n) is 0.257. The Balaban J connectivity index is 3.88. The van der Waals surface area contributed by atoms with E-state index in [1.807, 2.05) is 0 Å². The van der Waals surface area contributed by atoms with Crippen LogP contribution in [-0.4, -0.2) is 6.29 Å². The first kappa shape index (κ1) is 7.44. The van der Waals surface area contributed by atoms with Crippen LogP contribution in [-0.2, 0) is 4.79 Å². The minimum Gasteiger partial charge on any atom is -0.302 e. The van der Waals surface area contributed by atoms with Crippen LogP contribution in [0.3, 0.4) is 0 Å². The van der Waals surface area contributed by atoms with Gasteiger partial charge in [0.25, 0.3) is 0 Å². The number of hydrogen-bond acceptors (Lipinski definition) is 1. The second-order valence-corrected chi connectivity index (χ2v) is 1.83. The molecule has 0 fully saturated rings. The second kappa shape index (κ2) is 3.44. The predicted octanol–water partition coefficient (Wildman–Crippen LogP) is 1.74. The van der Waals surface area contributed by atoms with Crippen molar-refractivity contribution < 1.29 is 4.79 Å². The van der Waals surface area contributed by atoms with Gasteiger partial charge in [-0.3, -0.25) is 0 Å². The molecule has 0 radical (unpaired) electrons. The monoisotopic (exact) mass is 130 g/mol. The Labute approximate surface area is 53.6 Å². The molecule has 8 heavy (non-hydrogen) atoms. The van der Waals surface area contributed by atoms with Gasteiger partial charge in [0.2, 0.25) is 0 Å². The van der Waals surface area contributed by atoms with E-state index >= 15 is 0 Å². The van der Waals surface area contributed by atoms with Gasteiger partial charge in [0.1, 0.15) is 6.29 Å². The van der Waals surface area contributed by atoms with Gasteiger partial charge in [-0.25, -0.2) is 0 Å². The molecule has 0 amide bonds. The Hall–Kier alpha value is -0.560. The highest BCUT2D eigenvalue weighted by atomic mass is 35.5. The van der Waals surface area contributed by atoms with Crippen molar-refractivity contribution in [1.82, 2.24) is 0 Å². The molecule has 0 aromatic rings. The third-order valence-corrected chi connectivity index (χ3v) is 1.01. The first-order chi connectivity index (χ1) is 3.72. The molecule has 1 atom stereocenters. The summed E-state index contributed by atoms with van der Waals surface area (Å²) in [6, 6.07) is 0. The Morgan fingerprint density at radius 2 is 2.25 bits per heavy atom. The Morgan fingerprint density at radius 1 is 1.75 bits per heavy atom. The third kappa shape index (κ3) is 1.94. The van der Waals surface area contributed by atoms with E-state index in [1.165, 1.54) is 6.08 Å². The van der Waals surface area contributed by atoms with E-state index in [2.05, 4.69) is 13.2 Å². The SMILES string of the molecule is C=CC(C=O)C(=C)Cl. The van der Waals surface area contributed by atoms with Crippen molar-refractivity contribution in [3.05, 3.63) is 24.3 Å². The number of hydrogen-bond donors (Lipinski definition) is 0. The molecule has 44 valence electrons. The molecule has 0 saturated carbocycles. The van der Waals surface area contributed by atoms with Crippen molar-refractivity contribution in [3.63, 3.8) is 0 Å². The van der Waals surface area contributed by atoms with Crippen molar-refractivity contribution >= 4 is 17.9 Å². The van der Waals surface area contributed by atoms with E-state index < -0.39 is 5.92 Å². The summed E-state index contributed by atoms with van der Waals surface area (Å²) in [7, 11) is 0. The number of rotatable bonds is 3. The van der Waals surface area contributed by atoms with Crippen LogP contribution in [0.2, 0.25) is 0 Å². The van der Waals surface area contributed by atoms with Crippen LogP contribution >= 0.6 is 11.6 Å². The van der Waals surface area contributed by atoms with Gasteiger partial charge in [-0.05, 0) is 0 Å². The molecule has 0 aliphatic heterocycles. The minimum atomic E-state index is -0.392. The molecule has 0 aliphatic rings. The summed E-state index contributed by atoms with van der Waals surface area (Å²) in [5.41, 5.74) is 0. The largest absolute Gasteiger partial charge is 0.302 e. The molecule has 1 unspecified atom stereocenters. The highest BCUT2D eigenvalue weighted by Gasteiger charge is 2.01. The maximum Gasteiger partial charge on any atom is 0.132 e. The molecule has 0 aromatic heterocycles. The minimum absolute atomic E-state index is 0.315. The van der Waals surface area contributed by atoms with Gasteiger partial charge in [0, 0.05) is 5.03 Å². The topological polar surface area (TPSA) is 17.1 Å². The Morgan fingerprint density at radius 3 is 2.25 bits per heavy atom. The number of aldehydes is 1. The van der Waals surface area contributed by atoms with Crippen LogP contribution in [0.25, 0.3) is 0 Å². The zero-order valence-corrected chi connectivity index (χ0v) is 5.19. The lowest BCUT2D eigenvalue weighted by atomic mass is 10.2. The highest BCUT2D eigenvalue weighted by Crippen LogP contribution is 2.10. The van der Waals surface area contributed by atoms with E-state index in [1.54, 1.807) is 0 Å². The van der Waals surface area contributed by atoms with E-state index in [0.29, 0.717) is 11.3 Å². The van der Waals surface area contributed by atoms with Crippen LogP contribution in [0, 0.1) is 5.92 Å². The van der Waals surface area contributed by atoms with Crippen LogP contribution in [0.1, 0.15) is 0 Å². The maximum absolute atomic E-state index is 9.96. The van der Waals surface area contributed by atoms with E-state index in [9.17, 15) is 4.79 Å². The molecular formula is C6H7ClO. The fourth-order valence-corrected chi connectivity index (χ4v) is 0.398. The lowest BCUT2D eigenvalue weighted by Crippen LogP contribution is -1.94. The normalized spacial score (nSPS) is 12.1. The molecule has 0 aromatic carbocycles. The lowest BCUT2D eigenvalue weighted by molar-refractivity contribution is -0.109. The van der Waals surface area contributed by atoms with Crippen LogP contribution in [0.15, 0.2) is 24.3 Å². The van der Waals surface area contributed by atoms with Crippen molar-refractivity contribution in [3.8, 4) is 0 Å². The summed E-state index contributed by atoms with van der Waals surface area (Å²) >= 11 is 5.35. The van der Waals surface area contributed by atoms with Crippen molar-refractivity contribution in [2.75, 3.05) is 0 Å². The van der Waals surface area contributed by atoms with Gasteiger partial charge in [-0.2, -0.15) is 0 Å². The zero-order valence-electron chi connectivity index (χ0n) is 4.43. The quantitative estimate of drug-likeness (QED) is 0.420. The molecular weight excluding hydrogens is 124 g/mol. The number of carbonyl (C=O) groups is 1. The van der Waals surface area contributed by atoms with Gasteiger partial charge in [0.15, 0.2) is 0 Å². The summed E-state index contributed by atoms with van der Waals surface area (Å²) in [5, 5.41) is 0.315. The third-order valence-electron chi connectivity index (χ3n) is 0.762. The Bertz CT molecular complexity index is 110. The molecule has 0 aliphatic carbocycles. The first-order valence-electron chi connectivity index (χ1n) is 2.14. The van der Waals surface area contributed by atoms with E-state index in [0.717, 1.165) is 0 Å². The van der Waals surface area contributed by atoms with Gasteiger partial charge in [-0.15, -0.1) is 6.58 Å². The lowest BCUT2D eigenvalue weighted by Gasteiger charge is -1.96. The van der Waals surface area contributed by atoms with Crippen molar-refractivity contribution in [2.45, 2.75) is 0 Å². The number of allylic oxidation sites excluding steroid dienone is 2. The highest BCUT2D eigenvalue weighted by molar-refractivity contribution is 6.30. The predicted molar refractivity (Wildman–Crippen MR) is 34.7 cm³/mol. The van der Waals surface area contributed by atoms with Crippen LogP contribution in [0.4, 0.5) is 0 Å². The van der Waals surface area contributed by atoms with E-state index in [4.69, 9.17) is 11.6 Å². The van der Waals surface area contributed by atoms with Gasteiger partial charge >= 0.3 is 0 Å². The molecule has 0 saturated heterocycles. The molecule has 0 bridgehead atoms. The summed E-state index contributed by atoms with van der Waals surface area (Å²) in [6.45, 7) is 6.74. The number of halogens is 1. The summed E-state index contributed by atoms with van der Waals surface area (Å²) in [6.07, 6.45) is 2.14. The molecule has 2 heteroatoms. The maximum atomic E-state index is 9.96.